The Bertz CT molecular complexity index is 912. The van der Waals surface area contributed by atoms with Crippen LogP contribution in [0.25, 0.3) is 0 Å². The first kappa shape index (κ1) is 20.4. The molecule has 3 aliphatic heterocycles. The summed E-state index contributed by atoms with van der Waals surface area (Å²) in [6, 6.07) is 19.0. The summed E-state index contributed by atoms with van der Waals surface area (Å²) in [5, 5.41) is 17.9. The van der Waals surface area contributed by atoms with E-state index in [1.54, 1.807) is 18.9 Å². The smallest absolute Gasteiger partial charge is 0.236 e. The highest BCUT2D eigenvalue weighted by Crippen LogP contribution is 2.53. The van der Waals surface area contributed by atoms with Gasteiger partial charge in [-0.15, -0.1) is 11.8 Å². The van der Waals surface area contributed by atoms with Gasteiger partial charge in [0.25, 0.3) is 0 Å². The van der Waals surface area contributed by atoms with E-state index in [9.17, 15) is 9.90 Å². The van der Waals surface area contributed by atoms with Crippen LogP contribution in [0.3, 0.4) is 0 Å². The Hall–Kier alpha value is -1.54. The SMILES string of the molecule is COc1ccc(C2CC(c3ccccc3)NC3SC4C(O)C(Br)C(=O)NC4C32)cc1. The number of aliphatic hydroxyl groups is 1. The monoisotopic (exact) mass is 488 g/mol. The molecule has 5 rings (SSSR count). The van der Waals surface area contributed by atoms with E-state index < -0.39 is 10.9 Å². The number of amides is 1. The summed E-state index contributed by atoms with van der Waals surface area (Å²) in [6.45, 7) is 0. The number of carbonyl (C=O) groups is 1. The van der Waals surface area contributed by atoms with Gasteiger partial charge in [0.2, 0.25) is 5.91 Å². The van der Waals surface area contributed by atoms with Crippen LogP contribution in [0.1, 0.15) is 29.5 Å². The molecule has 8 unspecified atom stereocenters. The second-order valence-corrected chi connectivity index (χ2v) is 10.6. The molecular weight excluding hydrogens is 464 g/mol. The van der Waals surface area contributed by atoms with Gasteiger partial charge in [0, 0.05) is 18.0 Å². The molecule has 2 aromatic rings. The second kappa shape index (κ2) is 8.19. The van der Waals surface area contributed by atoms with Gasteiger partial charge >= 0.3 is 0 Å². The van der Waals surface area contributed by atoms with Crippen molar-refractivity contribution < 1.29 is 14.6 Å². The van der Waals surface area contributed by atoms with Crippen molar-refractivity contribution in [2.24, 2.45) is 5.92 Å². The number of methoxy groups -OCH3 is 1. The lowest BCUT2D eigenvalue weighted by atomic mass is 9.72. The van der Waals surface area contributed by atoms with Crippen LogP contribution in [0.2, 0.25) is 0 Å². The molecule has 3 N–H and O–H groups in total. The zero-order valence-corrected chi connectivity index (χ0v) is 19.0. The molecular formula is C23H25BrN2O3S. The number of fused-ring (bicyclic) bond motifs is 3. The molecule has 0 radical (unpaired) electrons. The first-order valence-electron chi connectivity index (χ1n) is 10.3. The third-order valence-electron chi connectivity index (χ3n) is 6.68. The molecule has 3 aliphatic rings. The quantitative estimate of drug-likeness (QED) is 0.578. The van der Waals surface area contributed by atoms with Gasteiger partial charge in [0.05, 0.1) is 23.8 Å². The van der Waals surface area contributed by atoms with Gasteiger partial charge in [-0.2, -0.15) is 0 Å². The highest BCUT2D eigenvalue weighted by atomic mass is 79.9. The number of rotatable bonds is 3. The van der Waals surface area contributed by atoms with Crippen molar-refractivity contribution >= 4 is 33.6 Å². The Morgan fingerprint density at radius 3 is 2.53 bits per heavy atom. The molecule has 3 fully saturated rings. The fourth-order valence-electron chi connectivity index (χ4n) is 5.20. The summed E-state index contributed by atoms with van der Waals surface area (Å²) >= 11 is 5.14. The Morgan fingerprint density at radius 1 is 1.10 bits per heavy atom. The van der Waals surface area contributed by atoms with E-state index in [-0.39, 0.29) is 40.5 Å². The molecule has 5 nitrogen and oxygen atoms in total. The van der Waals surface area contributed by atoms with E-state index in [0.29, 0.717) is 0 Å². The number of nitrogens with one attached hydrogen (secondary N) is 2. The number of aliphatic hydroxyl groups excluding tert-OH is 1. The Labute approximate surface area is 189 Å². The molecule has 0 saturated carbocycles. The molecule has 3 saturated heterocycles. The average molecular weight is 489 g/mol. The number of piperidine rings is 2. The van der Waals surface area contributed by atoms with Crippen molar-refractivity contribution in [3.63, 3.8) is 0 Å². The Kier molecular flexibility index (Phi) is 5.56. The van der Waals surface area contributed by atoms with E-state index in [1.807, 2.05) is 18.2 Å². The fraction of sp³-hybridized carbons (Fsp3) is 0.435. The number of alkyl halides is 1. The minimum Gasteiger partial charge on any atom is -0.497 e. The van der Waals surface area contributed by atoms with Crippen molar-refractivity contribution in [1.82, 2.24) is 10.6 Å². The normalized spacial score (nSPS) is 37.8. The molecule has 7 heteroatoms. The summed E-state index contributed by atoms with van der Waals surface area (Å²) in [7, 11) is 1.68. The maximum Gasteiger partial charge on any atom is 0.236 e. The highest BCUT2D eigenvalue weighted by Gasteiger charge is 2.57. The number of thioether (sulfide) groups is 1. The number of hydrogen-bond donors (Lipinski definition) is 3. The first-order chi connectivity index (χ1) is 14.6. The maximum atomic E-state index is 12.5. The lowest BCUT2D eigenvalue weighted by Gasteiger charge is -2.43. The third kappa shape index (κ3) is 3.45. The van der Waals surface area contributed by atoms with Gasteiger partial charge in [-0.05, 0) is 35.6 Å². The summed E-state index contributed by atoms with van der Waals surface area (Å²) in [5.74, 6) is 1.18. The van der Waals surface area contributed by atoms with E-state index in [1.165, 1.54) is 11.1 Å². The van der Waals surface area contributed by atoms with Gasteiger partial charge in [0.1, 0.15) is 10.6 Å². The van der Waals surface area contributed by atoms with Gasteiger partial charge in [-0.25, -0.2) is 0 Å². The van der Waals surface area contributed by atoms with Crippen LogP contribution in [0, 0.1) is 5.92 Å². The predicted octanol–water partition coefficient (Wildman–Crippen LogP) is 3.19. The van der Waals surface area contributed by atoms with E-state index in [0.717, 1.165) is 12.2 Å². The molecule has 3 heterocycles. The van der Waals surface area contributed by atoms with Crippen molar-refractivity contribution in [2.45, 2.75) is 46.0 Å². The molecule has 30 heavy (non-hydrogen) atoms. The van der Waals surface area contributed by atoms with Gasteiger partial charge in [-0.3, -0.25) is 10.1 Å². The van der Waals surface area contributed by atoms with E-state index in [2.05, 4.69) is 63.0 Å². The number of benzene rings is 2. The molecule has 0 spiro atoms. The van der Waals surface area contributed by atoms with E-state index in [4.69, 9.17) is 4.74 Å². The average Bonchev–Trinajstić information content (AvgIpc) is 3.16. The standard InChI is InChI=1S/C23H25BrN2O3S/c1-29-14-9-7-12(8-10-14)15-11-16(13-5-3-2-4-6-13)25-23-17(15)19-21(30-23)20(27)18(24)22(28)26-19/h2-10,15-21,23,25,27H,11H2,1H3,(H,26,28). The second-order valence-electron chi connectivity index (χ2n) is 8.27. The van der Waals surface area contributed by atoms with Crippen LogP contribution in [0.15, 0.2) is 54.6 Å². The van der Waals surface area contributed by atoms with Crippen molar-refractivity contribution in [2.75, 3.05) is 7.11 Å². The largest absolute Gasteiger partial charge is 0.497 e. The lowest BCUT2D eigenvalue weighted by molar-refractivity contribution is -0.125. The molecule has 1 amide bonds. The lowest BCUT2D eigenvalue weighted by Crippen LogP contribution is -2.61. The number of halogens is 1. The van der Waals surface area contributed by atoms with Crippen LogP contribution >= 0.6 is 27.7 Å². The molecule has 158 valence electrons. The topological polar surface area (TPSA) is 70.6 Å². The van der Waals surface area contributed by atoms with Crippen molar-refractivity contribution in [3.05, 3.63) is 65.7 Å². The summed E-state index contributed by atoms with van der Waals surface area (Å²) in [5.41, 5.74) is 2.52. The maximum absolute atomic E-state index is 12.5. The molecule has 0 bridgehead atoms. The van der Waals surface area contributed by atoms with Crippen molar-refractivity contribution in [1.29, 1.82) is 0 Å². The van der Waals surface area contributed by atoms with Crippen LogP contribution in [0.5, 0.6) is 5.75 Å². The van der Waals surface area contributed by atoms with Crippen LogP contribution in [0.4, 0.5) is 0 Å². The van der Waals surface area contributed by atoms with Crippen molar-refractivity contribution in [3.8, 4) is 5.75 Å². The first-order valence-corrected chi connectivity index (χ1v) is 12.2. The van der Waals surface area contributed by atoms with Crippen LogP contribution in [-0.4, -0.2) is 45.7 Å². The fourth-order valence-corrected chi connectivity index (χ4v) is 7.73. The zero-order valence-electron chi connectivity index (χ0n) is 16.6. The van der Waals surface area contributed by atoms with Crippen LogP contribution < -0.4 is 15.4 Å². The van der Waals surface area contributed by atoms with Gasteiger partial charge in [0.15, 0.2) is 0 Å². The van der Waals surface area contributed by atoms with Gasteiger partial charge in [-0.1, -0.05) is 58.4 Å². The molecule has 8 atom stereocenters. The van der Waals surface area contributed by atoms with Gasteiger partial charge < -0.3 is 15.2 Å². The number of carbonyl (C=O) groups excluding carboxylic acids is 1. The van der Waals surface area contributed by atoms with E-state index >= 15 is 0 Å². The molecule has 0 aliphatic carbocycles. The minimum absolute atomic E-state index is 0.0372. The third-order valence-corrected chi connectivity index (χ3v) is 9.27. The summed E-state index contributed by atoms with van der Waals surface area (Å²) in [6.07, 6.45) is 0.234. The van der Waals surface area contributed by atoms with Crippen LogP contribution in [-0.2, 0) is 4.79 Å². The summed E-state index contributed by atoms with van der Waals surface area (Å²) < 4.78 is 5.35. The predicted molar refractivity (Wildman–Crippen MR) is 122 cm³/mol. The number of ether oxygens (including phenoxy) is 1. The molecule has 0 aromatic heterocycles. The highest BCUT2D eigenvalue weighted by molar-refractivity contribution is 9.10. The minimum atomic E-state index is -0.701. The Balaban J connectivity index is 1.52. The number of hydrogen-bond acceptors (Lipinski definition) is 5. The summed E-state index contributed by atoms with van der Waals surface area (Å²) in [4.78, 5) is 11.9. The Morgan fingerprint density at radius 2 is 1.83 bits per heavy atom. The zero-order chi connectivity index (χ0) is 20.8. The molecule has 2 aromatic carbocycles.